The van der Waals surface area contributed by atoms with Gasteiger partial charge in [-0.1, -0.05) is 18.9 Å². The standard InChI is InChI=1S/C25H32N4O3S2/c1-18(9-10-23(31)26-17-30)29-14-21-20(25(29)32)7-6-8-22(21)33-16-24-27-19(15-34-24)13-28-11-4-2-3-5-12-28/h6-8,15,17-18H,2-5,9-14,16H2,1H3,(H,26,30,31). The molecule has 2 aliphatic heterocycles. The van der Waals surface area contributed by atoms with E-state index in [1.807, 2.05) is 24.0 Å². The van der Waals surface area contributed by atoms with Gasteiger partial charge in [0.25, 0.3) is 5.91 Å². The summed E-state index contributed by atoms with van der Waals surface area (Å²) in [5.74, 6) is 0.479. The second-order valence-electron chi connectivity index (χ2n) is 9.00. The Morgan fingerprint density at radius 1 is 1.26 bits per heavy atom. The first kappa shape index (κ1) is 24.9. The lowest BCUT2D eigenvalue weighted by molar-refractivity contribution is -0.125. The Bertz CT molecular complexity index is 1020. The summed E-state index contributed by atoms with van der Waals surface area (Å²) in [4.78, 5) is 45.4. The number of aromatic nitrogens is 1. The summed E-state index contributed by atoms with van der Waals surface area (Å²) in [5, 5.41) is 5.45. The summed E-state index contributed by atoms with van der Waals surface area (Å²) in [6, 6.07) is 5.82. The van der Waals surface area contributed by atoms with Crippen molar-refractivity contribution in [3.8, 4) is 0 Å². The lowest BCUT2D eigenvalue weighted by Gasteiger charge is -2.24. The highest BCUT2D eigenvalue weighted by atomic mass is 32.2. The average molecular weight is 501 g/mol. The molecule has 0 radical (unpaired) electrons. The molecule has 7 nitrogen and oxygen atoms in total. The Labute approximate surface area is 209 Å². The van der Waals surface area contributed by atoms with E-state index in [-0.39, 0.29) is 24.3 Å². The lowest BCUT2D eigenvalue weighted by atomic mass is 10.1. The first-order valence-corrected chi connectivity index (χ1v) is 13.9. The average Bonchev–Trinajstić information content (AvgIpc) is 3.32. The molecule has 1 aromatic heterocycles. The smallest absolute Gasteiger partial charge is 0.254 e. The highest BCUT2D eigenvalue weighted by Crippen LogP contribution is 2.35. The van der Waals surface area contributed by atoms with Crippen molar-refractivity contribution < 1.29 is 14.4 Å². The summed E-state index contributed by atoms with van der Waals surface area (Å²) >= 11 is 3.45. The molecule has 34 heavy (non-hydrogen) atoms. The van der Waals surface area contributed by atoms with Gasteiger partial charge in [0.15, 0.2) is 0 Å². The van der Waals surface area contributed by atoms with Gasteiger partial charge in [-0.15, -0.1) is 23.1 Å². The number of benzene rings is 1. The van der Waals surface area contributed by atoms with Crippen LogP contribution in [0.5, 0.6) is 0 Å². The number of rotatable bonds is 10. The number of carbonyl (C=O) groups excluding carboxylic acids is 3. The molecule has 0 bridgehead atoms. The van der Waals surface area contributed by atoms with E-state index in [0.717, 1.165) is 39.0 Å². The molecule has 3 heterocycles. The molecule has 182 valence electrons. The van der Waals surface area contributed by atoms with E-state index >= 15 is 0 Å². The number of nitrogens with one attached hydrogen (secondary N) is 1. The van der Waals surface area contributed by atoms with Crippen molar-refractivity contribution in [2.75, 3.05) is 13.1 Å². The van der Waals surface area contributed by atoms with Gasteiger partial charge in [0.05, 0.1) is 11.4 Å². The van der Waals surface area contributed by atoms with E-state index in [1.165, 1.54) is 38.8 Å². The fraction of sp³-hybridized carbons (Fsp3) is 0.520. The predicted octanol–water partition coefficient (Wildman–Crippen LogP) is 4.21. The van der Waals surface area contributed by atoms with Crippen LogP contribution in [0.1, 0.15) is 72.1 Å². The molecule has 1 fully saturated rings. The van der Waals surface area contributed by atoms with E-state index < -0.39 is 0 Å². The minimum atomic E-state index is -0.319. The van der Waals surface area contributed by atoms with Gasteiger partial charge >= 0.3 is 0 Å². The van der Waals surface area contributed by atoms with Crippen LogP contribution in [0, 0.1) is 0 Å². The molecule has 1 unspecified atom stereocenters. The zero-order valence-corrected chi connectivity index (χ0v) is 21.3. The van der Waals surface area contributed by atoms with Gasteiger partial charge < -0.3 is 4.90 Å². The van der Waals surface area contributed by atoms with E-state index in [2.05, 4.69) is 21.7 Å². The number of amides is 3. The zero-order valence-electron chi connectivity index (χ0n) is 19.6. The maximum absolute atomic E-state index is 13.0. The number of thioether (sulfide) groups is 1. The molecule has 3 amide bonds. The molecule has 1 saturated heterocycles. The Morgan fingerprint density at radius 3 is 2.82 bits per heavy atom. The summed E-state index contributed by atoms with van der Waals surface area (Å²) in [7, 11) is 0. The Kier molecular flexibility index (Phi) is 8.74. The lowest BCUT2D eigenvalue weighted by Crippen LogP contribution is -2.34. The number of imide groups is 1. The second-order valence-corrected chi connectivity index (χ2v) is 11.0. The number of likely N-dealkylation sites (tertiary alicyclic amines) is 1. The molecule has 0 saturated carbocycles. The van der Waals surface area contributed by atoms with Gasteiger partial charge in [-0.2, -0.15) is 0 Å². The fourth-order valence-corrected chi connectivity index (χ4v) is 6.49. The van der Waals surface area contributed by atoms with Crippen molar-refractivity contribution in [3.63, 3.8) is 0 Å². The number of thiazole rings is 1. The van der Waals surface area contributed by atoms with Gasteiger partial charge in [0.1, 0.15) is 5.01 Å². The van der Waals surface area contributed by atoms with E-state index in [9.17, 15) is 14.4 Å². The second kappa shape index (κ2) is 12.0. The van der Waals surface area contributed by atoms with Crippen molar-refractivity contribution in [2.24, 2.45) is 0 Å². The first-order chi connectivity index (χ1) is 16.5. The van der Waals surface area contributed by atoms with Gasteiger partial charge in [-0.25, -0.2) is 4.98 Å². The molecule has 1 aromatic carbocycles. The number of hydrogen-bond acceptors (Lipinski definition) is 7. The van der Waals surface area contributed by atoms with Crippen molar-refractivity contribution in [3.05, 3.63) is 45.4 Å². The summed E-state index contributed by atoms with van der Waals surface area (Å²) in [6.45, 7) is 5.77. The van der Waals surface area contributed by atoms with Crippen LogP contribution in [-0.4, -0.2) is 52.1 Å². The van der Waals surface area contributed by atoms with Crippen LogP contribution in [0.15, 0.2) is 28.5 Å². The molecule has 1 N–H and O–H groups in total. The number of carbonyl (C=O) groups is 3. The largest absolute Gasteiger partial charge is 0.332 e. The molecule has 0 spiro atoms. The van der Waals surface area contributed by atoms with Crippen LogP contribution in [0.3, 0.4) is 0 Å². The van der Waals surface area contributed by atoms with Gasteiger partial charge in [0.2, 0.25) is 12.3 Å². The quantitative estimate of drug-likeness (QED) is 0.389. The SMILES string of the molecule is CC(CCC(=O)NC=O)N1Cc2c(SCc3nc(CN4CCCCCC4)cs3)cccc2C1=O. The van der Waals surface area contributed by atoms with Gasteiger partial charge in [-0.05, 0) is 57.0 Å². The highest BCUT2D eigenvalue weighted by Gasteiger charge is 2.32. The minimum Gasteiger partial charge on any atom is -0.332 e. The predicted molar refractivity (Wildman–Crippen MR) is 135 cm³/mol. The molecule has 2 aromatic rings. The molecular weight excluding hydrogens is 468 g/mol. The van der Waals surface area contributed by atoms with Crippen LogP contribution < -0.4 is 5.32 Å². The molecule has 1 atom stereocenters. The minimum absolute atomic E-state index is 0.00901. The van der Waals surface area contributed by atoms with Crippen LogP contribution in [0.4, 0.5) is 0 Å². The molecule has 0 aliphatic carbocycles. The van der Waals surface area contributed by atoms with Crippen molar-refractivity contribution in [1.29, 1.82) is 0 Å². The number of nitrogens with zero attached hydrogens (tertiary/aromatic N) is 3. The van der Waals surface area contributed by atoms with Crippen LogP contribution in [0.25, 0.3) is 0 Å². The van der Waals surface area contributed by atoms with Crippen LogP contribution in [0.2, 0.25) is 0 Å². The van der Waals surface area contributed by atoms with Crippen LogP contribution >= 0.6 is 23.1 Å². The molecule has 4 rings (SSSR count). The summed E-state index contributed by atoms with van der Waals surface area (Å²) < 4.78 is 0. The number of hydrogen-bond donors (Lipinski definition) is 1. The fourth-order valence-electron chi connectivity index (χ4n) is 4.60. The third-order valence-electron chi connectivity index (χ3n) is 6.53. The third-order valence-corrected chi connectivity index (χ3v) is 8.72. The van der Waals surface area contributed by atoms with E-state index in [1.54, 1.807) is 23.1 Å². The van der Waals surface area contributed by atoms with Crippen molar-refractivity contribution in [2.45, 2.75) is 75.2 Å². The normalized spacial score (nSPS) is 17.3. The van der Waals surface area contributed by atoms with Gasteiger partial charge in [0, 0.05) is 41.4 Å². The Morgan fingerprint density at radius 2 is 2.06 bits per heavy atom. The topological polar surface area (TPSA) is 82.6 Å². The van der Waals surface area contributed by atoms with E-state index in [0.29, 0.717) is 19.4 Å². The van der Waals surface area contributed by atoms with Crippen molar-refractivity contribution >= 4 is 41.3 Å². The summed E-state index contributed by atoms with van der Waals surface area (Å²) in [6.07, 6.45) is 6.37. The third kappa shape index (κ3) is 6.25. The molecular formula is C25H32N4O3S2. The highest BCUT2D eigenvalue weighted by molar-refractivity contribution is 7.98. The maximum atomic E-state index is 13.0. The van der Waals surface area contributed by atoms with E-state index in [4.69, 9.17) is 4.98 Å². The molecule has 9 heteroatoms. The maximum Gasteiger partial charge on any atom is 0.254 e. The molecule has 2 aliphatic rings. The number of fused-ring (bicyclic) bond motifs is 1. The van der Waals surface area contributed by atoms with Crippen LogP contribution in [-0.2, 0) is 28.4 Å². The Hall–Kier alpha value is -2.23. The first-order valence-electron chi connectivity index (χ1n) is 12.0. The zero-order chi connectivity index (χ0) is 23.9. The van der Waals surface area contributed by atoms with Crippen molar-refractivity contribution in [1.82, 2.24) is 20.1 Å². The van der Waals surface area contributed by atoms with Gasteiger partial charge in [-0.3, -0.25) is 24.6 Å². The monoisotopic (exact) mass is 500 g/mol. The Balaban J connectivity index is 1.34. The summed E-state index contributed by atoms with van der Waals surface area (Å²) in [5.41, 5.74) is 2.97.